The number of rotatable bonds is 0. The third-order valence-corrected chi connectivity index (χ3v) is 4.41. The summed E-state index contributed by atoms with van der Waals surface area (Å²) in [5, 5.41) is 3.05. The van der Waals surface area contributed by atoms with Crippen LogP contribution in [0, 0.1) is 12.3 Å². The second-order valence-corrected chi connectivity index (χ2v) is 5.79. The monoisotopic (exact) mass is 295 g/mol. The van der Waals surface area contributed by atoms with E-state index in [0.29, 0.717) is 35.6 Å². The summed E-state index contributed by atoms with van der Waals surface area (Å²) in [5.74, 6) is 0.0109. The summed E-state index contributed by atoms with van der Waals surface area (Å²) in [6, 6.07) is 1.60. The lowest BCUT2D eigenvalue weighted by atomic mass is 9.67. The first-order valence-electron chi connectivity index (χ1n) is 7.13. The Bertz CT molecular complexity index is 819. The molecule has 0 fully saturated rings. The van der Waals surface area contributed by atoms with Crippen molar-refractivity contribution in [2.45, 2.75) is 13.3 Å². The van der Waals surface area contributed by atoms with Crippen molar-refractivity contribution in [2.24, 2.45) is 5.41 Å². The van der Waals surface area contributed by atoms with Gasteiger partial charge in [0, 0.05) is 17.5 Å². The molecule has 5 nitrogen and oxygen atoms in total. The fourth-order valence-corrected chi connectivity index (χ4v) is 3.37. The van der Waals surface area contributed by atoms with Gasteiger partial charge in [0.1, 0.15) is 5.76 Å². The van der Waals surface area contributed by atoms with Crippen LogP contribution >= 0.6 is 0 Å². The standard InChI is InChI=1S/C17H13NO4/c1-9-8-11-14(20)13-12(15(21)16(11)22-9)17(6-7-18-13)4-2-10(19)3-5-17/h2-5,8,18H,6-7H2,1H3. The van der Waals surface area contributed by atoms with Gasteiger partial charge in [-0.1, -0.05) is 12.2 Å². The molecule has 0 radical (unpaired) electrons. The van der Waals surface area contributed by atoms with Crippen LogP contribution in [0.3, 0.4) is 0 Å². The number of ketones is 3. The molecule has 0 saturated carbocycles. The minimum absolute atomic E-state index is 0.100. The van der Waals surface area contributed by atoms with Crippen LogP contribution in [-0.4, -0.2) is 23.9 Å². The van der Waals surface area contributed by atoms with E-state index >= 15 is 0 Å². The molecule has 1 N–H and O–H groups in total. The number of aryl methyl sites for hydroxylation is 1. The smallest absolute Gasteiger partial charge is 0.228 e. The van der Waals surface area contributed by atoms with Crippen molar-refractivity contribution in [2.75, 3.05) is 6.54 Å². The Hall–Kier alpha value is -2.69. The summed E-state index contributed by atoms with van der Waals surface area (Å²) < 4.78 is 5.45. The molecule has 110 valence electrons. The van der Waals surface area contributed by atoms with Crippen LogP contribution in [0.15, 0.2) is 46.1 Å². The molecule has 0 saturated heterocycles. The lowest BCUT2D eigenvalue weighted by molar-refractivity contribution is -0.110. The fourth-order valence-electron chi connectivity index (χ4n) is 3.37. The van der Waals surface area contributed by atoms with Crippen LogP contribution < -0.4 is 5.32 Å². The zero-order chi connectivity index (χ0) is 15.5. The van der Waals surface area contributed by atoms with E-state index in [4.69, 9.17) is 4.42 Å². The maximum absolute atomic E-state index is 12.9. The molecule has 1 aromatic rings. The van der Waals surface area contributed by atoms with Crippen LogP contribution in [-0.2, 0) is 4.79 Å². The Balaban J connectivity index is 1.95. The molecule has 5 heteroatoms. The topological polar surface area (TPSA) is 76.4 Å². The van der Waals surface area contributed by atoms with Gasteiger partial charge in [-0.2, -0.15) is 0 Å². The highest BCUT2D eigenvalue weighted by Gasteiger charge is 2.47. The molecule has 2 aliphatic carbocycles. The lowest BCUT2D eigenvalue weighted by Gasteiger charge is -2.38. The molecule has 1 spiro atoms. The zero-order valence-corrected chi connectivity index (χ0v) is 11.9. The summed E-state index contributed by atoms with van der Waals surface area (Å²) in [7, 11) is 0. The largest absolute Gasteiger partial charge is 0.457 e. The van der Waals surface area contributed by atoms with E-state index in [2.05, 4.69) is 5.32 Å². The van der Waals surface area contributed by atoms with Gasteiger partial charge in [-0.3, -0.25) is 14.4 Å². The molecule has 1 aromatic heterocycles. The van der Waals surface area contributed by atoms with Gasteiger partial charge in [0.15, 0.2) is 11.5 Å². The average molecular weight is 295 g/mol. The van der Waals surface area contributed by atoms with Crippen LogP contribution in [0.25, 0.3) is 0 Å². The minimum atomic E-state index is -0.709. The van der Waals surface area contributed by atoms with Crippen molar-refractivity contribution < 1.29 is 18.8 Å². The van der Waals surface area contributed by atoms with Crippen LogP contribution in [0.1, 0.15) is 33.1 Å². The molecule has 0 bridgehead atoms. The predicted molar refractivity (Wildman–Crippen MR) is 77.5 cm³/mol. The second kappa shape index (κ2) is 4.16. The van der Waals surface area contributed by atoms with E-state index in [9.17, 15) is 14.4 Å². The number of carbonyl (C=O) groups is 3. The number of nitrogens with one attached hydrogen (secondary N) is 1. The van der Waals surface area contributed by atoms with E-state index in [1.807, 2.05) is 0 Å². The lowest BCUT2D eigenvalue weighted by Crippen LogP contribution is -2.43. The van der Waals surface area contributed by atoms with Crippen LogP contribution in [0.4, 0.5) is 0 Å². The Labute approximate surface area is 126 Å². The first kappa shape index (κ1) is 13.0. The van der Waals surface area contributed by atoms with Gasteiger partial charge in [-0.25, -0.2) is 0 Å². The minimum Gasteiger partial charge on any atom is -0.457 e. The molecule has 3 aliphatic rings. The molecule has 1 aliphatic heterocycles. The number of allylic oxidation sites excluding steroid dienone is 6. The molecule has 0 unspecified atom stereocenters. The molecule has 2 heterocycles. The molecular formula is C17H13NO4. The molecule has 4 rings (SSSR count). The van der Waals surface area contributed by atoms with E-state index in [0.717, 1.165) is 0 Å². The zero-order valence-electron chi connectivity index (χ0n) is 11.9. The Morgan fingerprint density at radius 3 is 2.59 bits per heavy atom. The van der Waals surface area contributed by atoms with Crippen LogP contribution in [0.2, 0.25) is 0 Å². The highest BCUT2D eigenvalue weighted by molar-refractivity contribution is 6.26. The number of Topliss-reactive ketones (excluding diaryl/α,β-unsaturated/α-hetero) is 2. The number of hydrogen-bond acceptors (Lipinski definition) is 5. The Kier molecular flexibility index (Phi) is 2.46. The summed E-state index contributed by atoms with van der Waals surface area (Å²) in [6.45, 7) is 2.27. The summed E-state index contributed by atoms with van der Waals surface area (Å²) in [6.07, 6.45) is 6.96. The van der Waals surface area contributed by atoms with Crippen molar-refractivity contribution in [3.05, 3.63) is 58.7 Å². The van der Waals surface area contributed by atoms with Crippen molar-refractivity contribution in [3.63, 3.8) is 0 Å². The molecule has 22 heavy (non-hydrogen) atoms. The van der Waals surface area contributed by atoms with Crippen molar-refractivity contribution >= 4 is 17.3 Å². The van der Waals surface area contributed by atoms with Gasteiger partial charge < -0.3 is 9.73 Å². The van der Waals surface area contributed by atoms with Crippen molar-refractivity contribution in [1.82, 2.24) is 5.32 Å². The SMILES string of the molecule is Cc1cc2c(o1)C(=O)C1=C(NCCC13C=CC(=O)C=C3)C2=O. The summed E-state index contributed by atoms with van der Waals surface area (Å²) in [4.78, 5) is 36.9. The van der Waals surface area contributed by atoms with Crippen molar-refractivity contribution in [3.8, 4) is 0 Å². The van der Waals surface area contributed by atoms with E-state index in [1.165, 1.54) is 12.2 Å². The fraction of sp³-hybridized carbons (Fsp3) is 0.235. The highest BCUT2D eigenvalue weighted by Crippen LogP contribution is 2.45. The maximum atomic E-state index is 12.9. The van der Waals surface area contributed by atoms with E-state index in [1.54, 1.807) is 25.1 Å². The first-order valence-corrected chi connectivity index (χ1v) is 7.13. The number of carbonyl (C=O) groups excluding carboxylic acids is 3. The van der Waals surface area contributed by atoms with Crippen molar-refractivity contribution in [1.29, 1.82) is 0 Å². The normalized spacial score (nSPS) is 22.0. The third kappa shape index (κ3) is 1.56. The van der Waals surface area contributed by atoms with Gasteiger partial charge in [0.05, 0.1) is 11.3 Å². The number of hydrogen-bond donors (Lipinski definition) is 1. The van der Waals surface area contributed by atoms with E-state index < -0.39 is 5.41 Å². The predicted octanol–water partition coefficient (Wildman–Crippen LogP) is 1.90. The average Bonchev–Trinajstić information content (AvgIpc) is 2.90. The summed E-state index contributed by atoms with van der Waals surface area (Å²) >= 11 is 0. The Morgan fingerprint density at radius 2 is 1.86 bits per heavy atom. The molecule has 0 atom stereocenters. The second-order valence-electron chi connectivity index (χ2n) is 5.79. The third-order valence-electron chi connectivity index (χ3n) is 4.41. The first-order chi connectivity index (χ1) is 10.5. The quantitative estimate of drug-likeness (QED) is 0.791. The molecule has 0 amide bonds. The highest BCUT2D eigenvalue weighted by atomic mass is 16.3. The van der Waals surface area contributed by atoms with Gasteiger partial charge in [0.2, 0.25) is 11.6 Å². The van der Waals surface area contributed by atoms with Gasteiger partial charge in [-0.05, 0) is 31.6 Å². The van der Waals surface area contributed by atoms with E-state index in [-0.39, 0.29) is 23.1 Å². The maximum Gasteiger partial charge on any atom is 0.228 e. The molecule has 0 aromatic carbocycles. The van der Waals surface area contributed by atoms with Gasteiger partial charge in [0.25, 0.3) is 0 Å². The molecular weight excluding hydrogens is 282 g/mol. The van der Waals surface area contributed by atoms with Gasteiger partial charge >= 0.3 is 0 Å². The van der Waals surface area contributed by atoms with Gasteiger partial charge in [-0.15, -0.1) is 0 Å². The van der Waals surface area contributed by atoms with Crippen LogP contribution in [0.5, 0.6) is 0 Å². The number of furan rings is 1. The summed E-state index contributed by atoms with van der Waals surface area (Å²) in [5.41, 5.74) is 0.309. The number of fused-ring (bicyclic) bond motifs is 2. The Morgan fingerprint density at radius 1 is 1.14 bits per heavy atom.